The number of rotatable bonds is 4. The Morgan fingerprint density at radius 3 is 2.63 bits per heavy atom. The molecule has 1 saturated heterocycles. The SMILES string of the molecule is CCNCC1CCN(C(=O)c2oc(C)cc2C)CC1. The molecule has 2 rings (SSSR count). The second kappa shape index (κ2) is 6.24. The van der Waals surface area contributed by atoms with Crippen LogP contribution in [0.1, 0.15) is 41.6 Å². The average Bonchev–Trinajstić information content (AvgIpc) is 2.75. The van der Waals surface area contributed by atoms with Crippen LogP contribution in [0, 0.1) is 19.8 Å². The van der Waals surface area contributed by atoms with Crippen molar-refractivity contribution in [2.75, 3.05) is 26.2 Å². The van der Waals surface area contributed by atoms with Gasteiger partial charge in [0.05, 0.1) is 0 Å². The molecule has 4 heteroatoms. The van der Waals surface area contributed by atoms with E-state index in [1.807, 2.05) is 24.8 Å². The smallest absolute Gasteiger partial charge is 0.289 e. The minimum absolute atomic E-state index is 0.0486. The van der Waals surface area contributed by atoms with E-state index < -0.39 is 0 Å². The van der Waals surface area contributed by atoms with Crippen molar-refractivity contribution < 1.29 is 9.21 Å². The summed E-state index contributed by atoms with van der Waals surface area (Å²) < 4.78 is 5.52. The third-order valence-corrected chi connectivity index (χ3v) is 3.82. The van der Waals surface area contributed by atoms with Gasteiger partial charge < -0.3 is 14.6 Å². The lowest BCUT2D eigenvalue weighted by Gasteiger charge is -2.31. The van der Waals surface area contributed by atoms with E-state index in [9.17, 15) is 4.79 Å². The first-order valence-electron chi connectivity index (χ1n) is 7.18. The molecule has 1 aliphatic heterocycles. The van der Waals surface area contributed by atoms with Gasteiger partial charge in [-0.15, -0.1) is 0 Å². The van der Waals surface area contributed by atoms with E-state index in [1.165, 1.54) is 0 Å². The van der Waals surface area contributed by atoms with Crippen LogP contribution in [0.5, 0.6) is 0 Å². The van der Waals surface area contributed by atoms with E-state index in [0.717, 1.165) is 50.3 Å². The van der Waals surface area contributed by atoms with Crippen molar-refractivity contribution in [2.24, 2.45) is 5.92 Å². The predicted molar refractivity (Wildman–Crippen MR) is 75.4 cm³/mol. The number of furan rings is 1. The molecule has 19 heavy (non-hydrogen) atoms. The molecule has 1 fully saturated rings. The molecule has 106 valence electrons. The first kappa shape index (κ1) is 14.1. The summed E-state index contributed by atoms with van der Waals surface area (Å²) in [5.41, 5.74) is 0.942. The van der Waals surface area contributed by atoms with Crippen molar-refractivity contribution in [2.45, 2.75) is 33.6 Å². The summed E-state index contributed by atoms with van der Waals surface area (Å²) in [4.78, 5) is 14.3. The van der Waals surface area contributed by atoms with Gasteiger partial charge in [-0.1, -0.05) is 6.92 Å². The molecule has 0 saturated carbocycles. The quantitative estimate of drug-likeness (QED) is 0.908. The van der Waals surface area contributed by atoms with Crippen molar-refractivity contribution in [1.82, 2.24) is 10.2 Å². The number of likely N-dealkylation sites (tertiary alicyclic amines) is 1. The fraction of sp³-hybridized carbons (Fsp3) is 0.667. The molecule has 0 aromatic carbocycles. The Morgan fingerprint density at radius 2 is 2.11 bits per heavy atom. The second-order valence-corrected chi connectivity index (χ2v) is 5.41. The number of nitrogens with one attached hydrogen (secondary N) is 1. The van der Waals surface area contributed by atoms with Crippen LogP contribution in [-0.2, 0) is 0 Å². The summed E-state index contributed by atoms with van der Waals surface area (Å²) in [6.07, 6.45) is 2.16. The third kappa shape index (κ3) is 3.38. The van der Waals surface area contributed by atoms with Gasteiger partial charge in [-0.25, -0.2) is 0 Å². The third-order valence-electron chi connectivity index (χ3n) is 3.82. The van der Waals surface area contributed by atoms with Crippen LogP contribution in [0.15, 0.2) is 10.5 Å². The molecule has 0 spiro atoms. The Balaban J connectivity index is 1.91. The maximum absolute atomic E-state index is 12.4. The number of amides is 1. The normalized spacial score (nSPS) is 16.9. The van der Waals surface area contributed by atoms with Gasteiger partial charge in [0.25, 0.3) is 5.91 Å². The molecule has 0 aliphatic carbocycles. The Labute approximate surface area is 115 Å². The van der Waals surface area contributed by atoms with E-state index in [1.54, 1.807) is 0 Å². The molecule has 1 amide bonds. The summed E-state index contributed by atoms with van der Waals surface area (Å²) >= 11 is 0. The summed E-state index contributed by atoms with van der Waals surface area (Å²) in [6, 6.07) is 1.92. The zero-order chi connectivity index (χ0) is 13.8. The van der Waals surface area contributed by atoms with E-state index in [2.05, 4.69) is 12.2 Å². The van der Waals surface area contributed by atoms with Crippen LogP contribution < -0.4 is 5.32 Å². The highest BCUT2D eigenvalue weighted by atomic mass is 16.4. The lowest BCUT2D eigenvalue weighted by atomic mass is 9.96. The first-order chi connectivity index (χ1) is 9.11. The number of nitrogens with zero attached hydrogens (tertiary/aromatic N) is 1. The van der Waals surface area contributed by atoms with Crippen LogP contribution in [0.4, 0.5) is 0 Å². The Morgan fingerprint density at radius 1 is 1.42 bits per heavy atom. The zero-order valence-electron chi connectivity index (χ0n) is 12.2. The molecule has 1 N–H and O–H groups in total. The molecule has 1 aromatic heterocycles. The number of hydrogen-bond donors (Lipinski definition) is 1. The van der Waals surface area contributed by atoms with Gasteiger partial charge in [-0.3, -0.25) is 4.79 Å². The maximum Gasteiger partial charge on any atom is 0.289 e. The Kier molecular flexibility index (Phi) is 4.64. The summed E-state index contributed by atoms with van der Waals surface area (Å²) in [7, 11) is 0. The number of carbonyl (C=O) groups excluding carboxylic acids is 1. The van der Waals surface area contributed by atoms with E-state index in [0.29, 0.717) is 11.7 Å². The minimum Gasteiger partial charge on any atom is -0.456 e. The van der Waals surface area contributed by atoms with Gasteiger partial charge in [0.2, 0.25) is 0 Å². The number of hydrogen-bond acceptors (Lipinski definition) is 3. The lowest BCUT2D eigenvalue weighted by Crippen LogP contribution is -2.40. The first-order valence-corrected chi connectivity index (χ1v) is 7.18. The second-order valence-electron chi connectivity index (χ2n) is 5.41. The van der Waals surface area contributed by atoms with Crippen molar-refractivity contribution in [1.29, 1.82) is 0 Å². The van der Waals surface area contributed by atoms with Crippen molar-refractivity contribution >= 4 is 5.91 Å². The standard InChI is InChI=1S/C15H24N2O2/c1-4-16-10-13-5-7-17(8-6-13)15(18)14-11(2)9-12(3)19-14/h9,13,16H,4-8,10H2,1-3H3. The van der Waals surface area contributed by atoms with Gasteiger partial charge in [0, 0.05) is 18.7 Å². The highest BCUT2D eigenvalue weighted by Crippen LogP contribution is 2.21. The molecule has 1 aliphatic rings. The van der Waals surface area contributed by atoms with E-state index >= 15 is 0 Å². The minimum atomic E-state index is 0.0486. The molecule has 0 radical (unpaired) electrons. The summed E-state index contributed by atoms with van der Waals surface area (Å²) in [5.74, 6) is 2.07. The predicted octanol–water partition coefficient (Wildman–Crippen LogP) is 2.36. The van der Waals surface area contributed by atoms with Crippen LogP contribution >= 0.6 is 0 Å². The Bertz CT molecular complexity index is 431. The molecular formula is C15H24N2O2. The summed E-state index contributed by atoms with van der Waals surface area (Å²) in [6.45, 7) is 9.71. The van der Waals surface area contributed by atoms with Gasteiger partial charge in [0.1, 0.15) is 5.76 Å². The van der Waals surface area contributed by atoms with Crippen molar-refractivity contribution in [3.63, 3.8) is 0 Å². The number of aryl methyl sites for hydroxylation is 2. The largest absolute Gasteiger partial charge is 0.456 e. The van der Waals surface area contributed by atoms with Crippen molar-refractivity contribution in [3.8, 4) is 0 Å². The lowest BCUT2D eigenvalue weighted by molar-refractivity contribution is 0.0656. The monoisotopic (exact) mass is 264 g/mol. The molecule has 0 unspecified atom stereocenters. The molecule has 2 heterocycles. The van der Waals surface area contributed by atoms with Crippen LogP contribution in [0.3, 0.4) is 0 Å². The molecule has 1 aromatic rings. The average molecular weight is 264 g/mol. The van der Waals surface area contributed by atoms with E-state index in [-0.39, 0.29) is 5.91 Å². The number of carbonyl (C=O) groups is 1. The number of piperidine rings is 1. The van der Waals surface area contributed by atoms with Gasteiger partial charge in [0.15, 0.2) is 5.76 Å². The molecule has 4 nitrogen and oxygen atoms in total. The molecule has 0 bridgehead atoms. The fourth-order valence-corrected chi connectivity index (χ4v) is 2.69. The molecular weight excluding hydrogens is 240 g/mol. The zero-order valence-corrected chi connectivity index (χ0v) is 12.2. The van der Waals surface area contributed by atoms with Crippen LogP contribution in [-0.4, -0.2) is 37.0 Å². The van der Waals surface area contributed by atoms with Gasteiger partial charge in [-0.05, 0) is 51.8 Å². The summed E-state index contributed by atoms with van der Waals surface area (Å²) in [5, 5.41) is 3.38. The topological polar surface area (TPSA) is 45.5 Å². The van der Waals surface area contributed by atoms with Crippen LogP contribution in [0.2, 0.25) is 0 Å². The fourth-order valence-electron chi connectivity index (χ4n) is 2.69. The van der Waals surface area contributed by atoms with Gasteiger partial charge in [-0.2, -0.15) is 0 Å². The molecule has 0 atom stereocenters. The maximum atomic E-state index is 12.4. The van der Waals surface area contributed by atoms with E-state index in [4.69, 9.17) is 4.42 Å². The highest BCUT2D eigenvalue weighted by Gasteiger charge is 2.26. The van der Waals surface area contributed by atoms with Gasteiger partial charge >= 0.3 is 0 Å². The highest BCUT2D eigenvalue weighted by molar-refractivity contribution is 5.93. The van der Waals surface area contributed by atoms with Crippen LogP contribution in [0.25, 0.3) is 0 Å². The Hall–Kier alpha value is -1.29. The van der Waals surface area contributed by atoms with Crippen molar-refractivity contribution in [3.05, 3.63) is 23.2 Å².